The number of hydrogen-bond acceptors (Lipinski definition) is 6. The average Bonchev–Trinajstić information content (AvgIpc) is 3.63. The Morgan fingerprint density at radius 2 is 1.79 bits per heavy atom. The summed E-state index contributed by atoms with van der Waals surface area (Å²) in [5, 5.41) is 2.55. The number of fused-ring (bicyclic) bond motifs is 3. The van der Waals surface area contributed by atoms with E-state index in [0.717, 1.165) is 28.7 Å². The largest absolute Gasteiger partial charge is 0.493 e. The van der Waals surface area contributed by atoms with Crippen molar-refractivity contribution in [3.8, 4) is 28.4 Å². The van der Waals surface area contributed by atoms with Crippen LogP contribution in [-0.2, 0) is 11.2 Å². The first kappa shape index (κ1) is 22.6. The fraction of sp³-hybridized carbons (Fsp3) is 0.400. The van der Waals surface area contributed by atoms with Crippen LogP contribution in [0.3, 0.4) is 0 Å². The third kappa shape index (κ3) is 3.79. The summed E-state index contributed by atoms with van der Waals surface area (Å²) in [5.74, 6) is 0.508. The Morgan fingerprint density at radius 1 is 1.06 bits per heavy atom. The van der Waals surface area contributed by atoms with Gasteiger partial charge in [-0.05, 0) is 66.0 Å². The molecule has 2 amide bonds. The molecule has 0 aromatic heterocycles. The Hall–Kier alpha value is -3.55. The van der Waals surface area contributed by atoms with Crippen LogP contribution >= 0.6 is 0 Å². The zero-order chi connectivity index (χ0) is 23.9. The molecular weight excluding hydrogens is 424 g/mol. The first-order valence-corrected chi connectivity index (χ1v) is 10.9. The third-order valence-electron chi connectivity index (χ3n) is 6.78. The number of aryl methyl sites for hydroxylation is 1. The molecule has 3 N–H and O–H groups in total. The van der Waals surface area contributed by atoms with Gasteiger partial charge in [0.15, 0.2) is 16.9 Å². The van der Waals surface area contributed by atoms with Crippen LogP contribution in [-0.4, -0.2) is 40.2 Å². The maximum Gasteiger partial charge on any atom is 0.254 e. The summed E-state index contributed by atoms with van der Waals surface area (Å²) >= 11 is 0. The Bertz CT molecular complexity index is 1190. The van der Waals surface area contributed by atoms with E-state index in [1.165, 1.54) is 13.1 Å². The van der Waals surface area contributed by atoms with Gasteiger partial charge in [0.25, 0.3) is 5.91 Å². The number of amides is 2. The van der Waals surface area contributed by atoms with Crippen molar-refractivity contribution < 1.29 is 23.8 Å². The van der Waals surface area contributed by atoms with E-state index in [1.807, 2.05) is 6.07 Å². The van der Waals surface area contributed by atoms with E-state index in [2.05, 4.69) is 5.32 Å². The zero-order valence-electron chi connectivity index (χ0n) is 19.2. The monoisotopic (exact) mass is 452 g/mol. The average molecular weight is 453 g/mol. The SMILES string of the molecule is CNC(=O)c1cc2c(ccc1=O)-c1c(cc(OC)c(OC)c1OC)CC[C@H]2C1CC1C(N)=O. The molecule has 0 spiro atoms. The lowest BCUT2D eigenvalue weighted by molar-refractivity contribution is -0.119. The molecule has 8 heteroatoms. The highest BCUT2D eigenvalue weighted by molar-refractivity contribution is 5.95. The van der Waals surface area contributed by atoms with Crippen LogP contribution in [0.15, 0.2) is 29.1 Å². The predicted octanol–water partition coefficient (Wildman–Crippen LogP) is 2.25. The highest BCUT2D eigenvalue weighted by Gasteiger charge is 2.48. The summed E-state index contributed by atoms with van der Waals surface area (Å²) in [6.45, 7) is 0. The molecule has 2 aromatic rings. The van der Waals surface area contributed by atoms with Gasteiger partial charge in [0.05, 0.1) is 26.9 Å². The molecule has 0 saturated heterocycles. The molecule has 33 heavy (non-hydrogen) atoms. The molecule has 0 radical (unpaired) electrons. The number of methoxy groups -OCH3 is 3. The van der Waals surface area contributed by atoms with Gasteiger partial charge in [-0.3, -0.25) is 14.4 Å². The first-order valence-electron chi connectivity index (χ1n) is 10.9. The van der Waals surface area contributed by atoms with Gasteiger partial charge < -0.3 is 25.3 Å². The number of rotatable bonds is 6. The second-order valence-electron chi connectivity index (χ2n) is 8.44. The van der Waals surface area contributed by atoms with Crippen molar-refractivity contribution in [3.63, 3.8) is 0 Å². The van der Waals surface area contributed by atoms with Gasteiger partial charge in [0.1, 0.15) is 0 Å². The standard InChI is InChI=1S/C25H28N2O6/c1-27-25(30)18-11-15-13(16-10-17(16)24(26)29)6-5-12-9-20(31-2)22(32-3)23(33-4)21(12)14(15)7-8-19(18)28/h7-9,11,13,16-17H,5-6,10H2,1-4H3,(H2,26,29)(H,27,30)/t13-,16?,17?/m1/s1. The molecule has 0 heterocycles. The van der Waals surface area contributed by atoms with Gasteiger partial charge in [0.2, 0.25) is 11.7 Å². The molecule has 2 unspecified atom stereocenters. The van der Waals surface area contributed by atoms with Gasteiger partial charge >= 0.3 is 0 Å². The number of hydrogen-bond donors (Lipinski definition) is 2. The normalized spacial score (nSPS) is 20.5. The van der Waals surface area contributed by atoms with Crippen LogP contribution in [0.5, 0.6) is 17.2 Å². The van der Waals surface area contributed by atoms with E-state index >= 15 is 0 Å². The van der Waals surface area contributed by atoms with Gasteiger partial charge in [-0.1, -0.05) is 6.07 Å². The predicted molar refractivity (Wildman–Crippen MR) is 123 cm³/mol. The number of carbonyl (C=O) groups excluding carboxylic acids is 2. The number of carbonyl (C=O) groups is 2. The molecule has 2 aromatic carbocycles. The molecule has 1 fully saturated rings. The van der Waals surface area contributed by atoms with E-state index < -0.39 is 5.91 Å². The quantitative estimate of drug-likeness (QED) is 0.694. The van der Waals surface area contributed by atoms with Crippen molar-refractivity contribution in [1.82, 2.24) is 5.32 Å². The summed E-state index contributed by atoms with van der Waals surface area (Å²) in [4.78, 5) is 37.2. The van der Waals surface area contributed by atoms with Crippen molar-refractivity contribution in [2.45, 2.75) is 25.2 Å². The summed E-state index contributed by atoms with van der Waals surface area (Å²) < 4.78 is 16.9. The molecule has 8 nitrogen and oxygen atoms in total. The molecule has 1 saturated carbocycles. The lowest BCUT2D eigenvalue weighted by Gasteiger charge is -2.19. The number of primary amides is 1. The second-order valence-corrected chi connectivity index (χ2v) is 8.44. The molecule has 0 bridgehead atoms. The minimum atomic E-state index is -0.455. The summed E-state index contributed by atoms with van der Waals surface area (Å²) in [7, 11) is 6.16. The van der Waals surface area contributed by atoms with Crippen LogP contribution in [0.1, 0.15) is 40.2 Å². The molecule has 174 valence electrons. The molecule has 2 aliphatic carbocycles. The summed E-state index contributed by atoms with van der Waals surface area (Å²) in [5.41, 5.74) is 8.64. The fourth-order valence-corrected chi connectivity index (χ4v) is 5.09. The van der Waals surface area contributed by atoms with Gasteiger partial charge in [-0.2, -0.15) is 0 Å². The van der Waals surface area contributed by atoms with Crippen molar-refractivity contribution in [3.05, 3.63) is 51.2 Å². The van der Waals surface area contributed by atoms with E-state index in [0.29, 0.717) is 30.1 Å². The van der Waals surface area contributed by atoms with Crippen LogP contribution in [0.25, 0.3) is 11.1 Å². The third-order valence-corrected chi connectivity index (χ3v) is 6.78. The minimum absolute atomic E-state index is 0.0539. The highest BCUT2D eigenvalue weighted by atomic mass is 16.5. The Morgan fingerprint density at radius 3 is 2.36 bits per heavy atom. The van der Waals surface area contributed by atoms with Gasteiger partial charge in [-0.25, -0.2) is 0 Å². The topological polar surface area (TPSA) is 117 Å². The van der Waals surface area contributed by atoms with Crippen molar-refractivity contribution in [1.29, 1.82) is 0 Å². The lowest BCUT2D eigenvalue weighted by atomic mass is 9.87. The maximum absolute atomic E-state index is 12.8. The molecule has 2 aliphatic rings. The number of ether oxygens (including phenoxy) is 3. The van der Waals surface area contributed by atoms with Crippen LogP contribution < -0.4 is 30.7 Å². The summed E-state index contributed by atoms with van der Waals surface area (Å²) in [6.07, 6.45) is 2.10. The van der Waals surface area contributed by atoms with Crippen molar-refractivity contribution in [2.24, 2.45) is 17.6 Å². The zero-order valence-corrected chi connectivity index (χ0v) is 19.2. The summed E-state index contributed by atoms with van der Waals surface area (Å²) in [6, 6.07) is 6.73. The molecular formula is C25H28N2O6. The van der Waals surface area contributed by atoms with E-state index in [1.54, 1.807) is 33.5 Å². The van der Waals surface area contributed by atoms with Crippen LogP contribution in [0.2, 0.25) is 0 Å². The maximum atomic E-state index is 12.8. The van der Waals surface area contributed by atoms with Gasteiger partial charge in [0, 0.05) is 18.5 Å². The van der Waals surface area contributed by atoms with Crippen molar-refractivity contribution >= 4 is 11.8 Å². The molecule has 0 aliphatic heterocycles. The molecule has 4 rings (SSSR count). The van der Waals surface area contributed by atoms with Gasteiger partial charge in [-0.15, -0.1) is 0 Å². The Labute approximate surface area is 192 Å². The van der Waals surface area contributed by atoms with Crippen LogP contribution in [0, 0.1) is 11.8 Å². The van der Waals surface area contributed by atoms with Crippen LogP contribution in [0.4, 0.5) is 0 Å². The van der Waals surface area contributed by atoms with E-state index in [4.69, 9.17) is 19.9 Å². The smallest absolute Gasteiger partial charge is 0.254 e. The van der Waals surface area contributed by atoms with Crippen molar-refractivity contribution in [2.75, 3.05) is 28.4 Å². The second kappa shape index (κ2) is 8.77. The Kier molecular flexibility index (Phi) is 6.01. The first-order chi connectivity index (χ1) is 15.9. The fourth-order valence-electron chi connectivity index (χ4n) is 5.09. The number of nitrogens with one attached hydrogen (secondary N) is 1. The lowest BCUT2D eigenvalue weighted by Crippen LogP contribution is -2.24. The minimum Gasteiger partial charge on any atom is -0.493 e. The number of benzene rings is 1. The molecule has 3 atom stereocenters. The van der Waals surface area contributed by atoms with E-state index in [9.17, 15) is 14.4 Å². The van der Waals surface area contributed by atoms with E-state index in [-0.39, 0.29) is 34.7 Å². The number of nitrogens with two attached hydrogens (primary N) is 1. The Balaban J connectivity index is 2.05. The highest BCUT2D eigenvalue weighted by Crippen LogP contribution is 2.56.